The summed E-state index contributed by atoms with van der Waals surface area (Å²) in [5, 5.41) is 1.04. The highest BCUT2D eigenvalue weighted by Gasteiger charge is 2.21. The number of piperazine rings is 1. The number of rotatable bonds is 6. The van der Waals surface area contributed by atoms with E-state index in [9.17, 15) is 4.79 Å². The number of amides is 1. The average molecular weight is 410 g/mol. The molecular formula is C19H25Cl2N5O. The number of hydrogen-bond acceptors (Lipinski definition) is 4. The average Bonchev–Trinajstić information content (AvgIpc) is 3.04. The first-order valence-electron chi connectivity index (χ1n) is 9.01. The van der Waals surface area contributed by atoms with E-state index in [-0.39, 0.29) is 5.91 Å². The Labute approximate surface area is 170 Å². The molecule has 1 aliphatic heterocycles. The Balaban J connectivity index is 1.44. The molecule has 0 spiro atoms. The Morgan fingerprint density at radius 2 is 1.85 bits per heavy atom. The van der Waals surface area contributed by atoms with Crippen molar-refractivity contribution in [2.24, 2.45) is 7.05 Å². The second kappa shape index (κ2) is 9.06. The first kappa shape index (κ1) is 20.1. The second-order valence-corrected chi connectivity index (χ2v) is 7.82. The van der Waals surface area contributed by atoms with E-state index < -0.39 is 0 Å². The highest BCUT2D eigenvalue weighted by Crippen LogP contribution is 2.23. The van der Waals surface area contributed by atoms with Crippen molar-refractivity contribution in [1.29, 1.82) is 0 Å². The molecule has 1 saturated heterocycles. The van der Waals surface area contributed by atoms with Crippen LogP contribution in [0.2, 0.25) is 10.0 Å². The summed E-state index contributed by atoms with van der Waals surface area (Å²) in [6.07, 6.45) is 3.79. The molecule has 2 heterocycles. The van der Waals surface area contributed by atoms with Crippen LogP contribution in [-0.2, 0) is 24.9 Å². The lowest BCUT2D eigenvalue weighted by atomic mass is 10.2. The van der Waals surface area contributed by atoms with Gasteiger partial charge in [-0.1, -0.05) is 29.3 Å². The monoisotopic (exact) mass is 409 g/mol. The van der Waals surface area contributed by atoms with E-state index in [1.165, 1.54) is 0 Å². The third kappa shape index (κ3) is 5.45. The molecule has 27 heavy (non-hydrogen) atoms. The second-order valence-electron chi connectivity index (χ2n) is 7.00. The van der Waals surface area contributed by atoms with Gasteiger partial charge in [-0.05, 0) is 17.7 Å². The third-order valence-electron chi connectivity index (χ3n) is 4.94. The van der Waals surface area contributed by atoms with Crippen LogP contribution in [0.4, 0.5) is 0 Å². The Morgan fingerprint density at radius 1 is 1.15 bits per heavy atom. The first-order valence-corrected chi connectivity index (χ1v) is 9.77. The summed E-state index contributed by atoms with van der Waals surface area (Å²) in [4.78, 5) is 23.3. The maximum atomic E-state index is 12.5. The van der Waals surface area contributed by atoms with Gasteiger partial charge < -0.3 is 9.47 Å². The molecule has 146 valence electrons. The van der Waals surface area contributed by atoms with Crippen molar-refractivity contribution in [3.8, 4) is 0 Å². The van der Waals surface area contributed by atoms with E-state index in [2.05, 4.69) is 14.8 Å². The topological polar surface area (TPSA) is 44.6 Å². The number of carbonyl (C=O) groups is 1. The number of carbonyl (C=O) groups excluding carboxylic acids is 1. The minimum Gasteiger partial charge on any atom is -0.340 e. The zero-order chi connectivity index (χ0) is 19.4. The molecule has 0 saturated carbocycles. The lowest BCUT2D eigenvalue weighted by Crippen LogP contribution is -2.49. The highest BCUT2D eigenvalue weighted by molar-refractivity contribution is 6.42. The minimum absolute atomic E-state index is 0.110. The molecule has 0 atom stereocenters. The van der Waals surface area contributed by atoms with Crippen LogP contribution < -0.4 is 0 Å². The van der Waals surface area contributed by atoms with Crippen molar-refractivity contribution in [2.45, 2.75) is 13.1 Å². The molecule has 1 aliphatic rings. The van der Waals surface area contributed by atoms with E-state index in [1.807, 2.05) is 43.2 Å². The molecule has 6 nitrogen and oxygen atoms in total. The number of hydrogen-bond donors (Lipinski definition) is 0. The molecular weight excluding hydrogens is 385 g/mol. The molecule has 2 aromatic rings. The van der Waals surface area contributed by atoms with Crippen molar-refractivity contribution in [2.75, 3.05) is 39.8 Å². The van der Waals surface area contributed by atoms with Gasteiger partial charge in [-0.15, -0.1) is 0 Å². The maximum absolute atomic E-state index is 12.5. The quantitative estimate of drug-likeness (QED) is 0.734. The molecule has 1 aromatic heterocycles. The van der Waals surface area contributed by atoms with Crippen LogP contribution in [0.5, 0.6) is 0 Å². The van der Waals surface area contributed by atoms with Crippen LogP contribution in [0, 0.1) is 0 Å². The van der Waals surface area contributed by atoms with Crippen molar-refractivity contribution in [1.82, 2.24) is 24.3 Å². The summed E-state index contributed by atoms with van der Waals surface area (Å²) in [6.45, 7) is 5.46. The highest BCUT2D eigenvalue weighted by atomic mass is 35.5. The van der Waals surface area contributed by atoms with Gasteiger partial charge >= 0.3 is 0 Å². The normalized spacial score (nSPS) is 15.9. The lowest BCUT2D eigenvalue weighted by molar-refractivity contribution is -0.132. The van der Waals surface area contributed by atoms with E-state index in [1.54, 1.807) is 11.0 Å². The molecule has 1 fully saturated rings. The van der Waals surface area contributed by atoms with Gasteiger partial charge in [0.1, 0.15) is 5.82 Å². The number of aromatic nitrogens is 2. The summed E-state index contributed by atoms with van der Waals surface area (Å²) < 4.78 is 2.05. The number of benzene rings is 1. The number of likely N-dealkylation sites (N-methyl/N-ethyl adjacent to an activating group) is 1. The van der Waals surface area contributed by atoms with Gasteiger partial charge in [0.2, 0.25) is 5.91 Å². The van der Waals surface area contributed by atoms with Gasteiger partial charge in [0.05, 0.1) is 23.1 Å². The zero-order valence-electron chi connectivity index (χ0n) is 15.7. The molecule has 8 heteroatoms. The van der Waals surface area contributed by atoms with Crippen LogP contribution >= 0.6 is 23.2 Å². The van der Waals surface area contributed by atoms with Gasteiger partial charge in [-0.3, -0.25) is 14.6 Å². The summed E-state index contributed by atoms with van der Waals surface area (Å²) in [5.74, 6) is 1.18. The first-order chi connectivity index (χ1) is 12.9. The number of imidazole rings is 1. The fourth-order valence-corrected chi connectivity index (χ4v) is 3.49. The molecule has 0 unspecified atom stereocenters. The molecule has 1 aromatic carbocycles. The summed E-state index contributed by atoms with van der Waals surface area (Å²) in [6, 6.07) is 5.47. The van der Waals surface area contributed by atoms with Crippen LogP contribution in [0.25, 0.3) is 0 Å². The SMILES string of the molecule is CN(Cc1ccc(Cl)c(Cl)c1)C(=O)CN1CCN(Cc2nccn2C)CC1. The van der Waals surface area contributed by atoms with E-state index in [4.69, 9.17) is 23.2 Å². The minimum atomic E-state index is 0.110. The van der Waals surface area contributed by atoms with Crippen LogP contribution in [0.1, 0.15) is 11.4 Å². The van der Waals surface area contributed by atoms with Gasteiger partial charge in [0.25, 0.3) is 0 Å². The molecule has 0 aliphatic carbocycles. The standard InChI is InChI=1S/C19H25Cl2N5O/c1-23-6-5-22-18(23)13-25-7-9-26(10-8-25)14-19(27)24(2)12-15-3-4-16(20)17(21)11-15/h3-6,11H,7-10,12-14H2,1-2H3. The zero-order valence-corrected chi connectivity index (χ0v) is 17.2. The van der Waals surface area contributed by atoms with Crippen molar-refractivity contribution in [3.05, 3.63) is 52.0 Å². The Hall–Kier alpha value is -1.60. The molecule has 3 rings (SSSR count). The van der Waals surface area contributed by atoms with Crippen LogP contribution in [-0.4, -0.2) is 69.9 Å². The Morgan fingerprint density at radius 3 is 2.48 bits per heavy atom. The van der Waals surface area contributed by atoms with Crippen molar-refractivity contribution >= 4 is 29.1 Å². The fraction of sp³-hybridized carbons (Fsp3) is 0.474. The van der Waals surface area contributed by atoms with Crippen molar-refractivity contribution < 1.29 is 4.79 Å². The lowest BCUT2D eigenvalue weighted by Gasteiger charge is -2.34. The predicted octanol–water partition coefficient (Wildman–Crippen LogP) is 2.50. The van der Waals surface area contributed by atoms with Crippen LogP contribution in [0.3, 0.4) is 0 Å². The summed E-state index contributed by atoms with van der Waals surface area (Å²) >= 11 is 12.0. The third-order valence-corrected chi connectivity index (χ3v) is 5.68. The summed E-state index contributed by atoms with van der Waals surface area (Å²) in [7, 11) is 3.84. The molecule has 1 amide bonds. The summed E-state index contributed by atoms with van der Waals surface area (Å²) in [5.41, 5.74) is 0.972. The van der Waals surface area contributed by atoms with Gasteiger partial charge in [-0.2, -0.15) is 0 Å². The van der Waals surface area contributed by atoms with Gasteiger partial charge in [0.15, 0.2) is 0 Å². The molecule has 0 radical (unpaired) electrons. The smallest absolute Gasteiger partial charge is 0.236 e. The number of nitrogens with zero attached hydrogens (tertiary/aromatic N) is 5. The fourth-order valence-electron chi connectivity index (χ4n) is 3.17. The van der Waals surface area contributed by atoms with Gasteiger partial charge in [0, 0.05) is 59.2 Å². The van der Waals surface area contributed by atoms with Gasteiger partial charge in [-0.25, -0.2) is 4.98 Å². The Kier molecular flexibility index (Phi) is 6.76. The number of aryl methyl sites for hydroxylation is 1. The predicted molar refractivity (Wildman–Crippen MR) is 108 cm³/mol. The molecule has 0 bridgehead atoms. The Bertz CT molecular complexity index is 786. The maximum Gasteiger partial charge on any atom is 0.236 e. The van der Waals surface area contributed by atoms with Crippen LogP contribution in [0.15, 0.2) is 30.6 Å². The van der Waals surface area contributed by atoms with E-state index in [0.717, 1.165) is 44.1 Å². The molecule has 0 N–H and O–H groups in total. The van der Waals surface area contributed by atoms with Crippen molar-refractivity contribution in [3.63, 3.8) is 0 Å². The van der Waals surface area contributed by atoms with E-state index in [0.29, 0.717) is 23.1 Å². The van der Waals surface area contributed by atoms with E-state index >= 15 is 0 Å². The number of halogens is 2. The largest absolute Gasteiger partial charge is 0.340 e.